The molecule has 0 radical (unpaired) electrons. The maximum atomic E-state index is 12.9. The quantitative estimate of drug-likeness (QED) is 0.0799. The molecule has 0 aliphatic carbocycles. The molecule has 0 atom stereocenters. The highest BCUT2D eigenvalue weighted by atomic mass is 32.1. The van der Waals surface area contributed by atoms with Crippen molar-refractivity contribution in [2.45, 2.75) is 13.8 Å². The van der Waals surface area contributed by atoms with Crippen LogP contribution in [0.25, 0.3) is 0 Å². The fourth-order valence-corrected chi connectivity index (χ4v) is 4.02. The lowest BCUT2D eigenvalue weighted by Crippen LogP contribution is -2.17. The Bertz CT molecular complexity index is 1120. The number of hydrogen-bond donors (Lipinski definition) is 4. The lowest BCUT2D eigenvalue weighted by atomic mass is 10.1. The Morgan fingerprint density at radius 3 is 2.05 bits per heavy atom. The number of carbonyl (C=O) groups excluding carboxylic acids is 2. The van der Waals surface area contributed by atoms with Crippen molar-refractivity contribution < 1.29 is 43.2 Å². The van der Waals surface area contributed by atoms with Crippen LogP contribution in [0.4, 0.5) is 16.5 Å². The van der Waals surface area contributed by atoms with Gasteiger partial charge in [0.15, 0.2) is 5.13 Å². The number of aryl methyl sites for hydroxylation is 1. The fraction of sp³-hybridized carbons (Fsp3) is 0.560. The van der Waals surface area contributed by atoms with E-state index in [9.17, 15) is 19.7 Å². The van der Waals surface area contributed by atoms with Crippen molar-refractivity contribution in [1.29, 1.82) is 0 Å². The van der Waals surface area contributed by atoms with Crippen LogP contribution in [-0.4, -0.2) is 101 Å². The van der Waals surface area contributed by atoms with Gasteiger partial charge in [-0.1, -0.05) is 11.3 Å². The summed E-state index contributed by atoms with van der Waals surface area (Å²) in [4.78, 5) is 43.7. The van der Waals surface area contributed by atoms with Crippen molar-refractivity contribution in [2.24, 2.45) is 5.73 Å². The lowest BCUT2D eigenvalue weighted by Gasteiger charge is -2.13. The van der Waals surface area contributed by atoms with E-state index >= 15 is 0 Å². The molecule has 0 spiro atoms. The van der Waals surface area contributed by atoms with Gasteiger partial charge < -0.3 is 40.1 Å². The van der Waals surface area contributed by atoms with Gasteiger partial charge in [-0.05, 0) is 25.1 Å². The second kappa shape index (κ2) is 20.4. The number of amides is 2. The van der Waals surface area contributed by atoms with Crippen LogP contribution in [0.3, 0.4) is 0 Å². The third kappa shape index (κ3) is 14.4. The molecule has 2 rings (SSSR count). The maximum Gasteiger partial charge on any atom is 0.300 e. The molecule has 1 heterocycles. The molecule has 0 saturated carbocycles. The van der Waals surface area contributed by atoms with Crippen molar-refractivity contribution in [3.8, 4) is 5.06 Å². The van der Waals surface area contributed by atoms with Crippen molar-refractivity contribution in [2.75, 3.05) is 95.1 Å². The molecule has 1 aromatic carbocycles. The third-order valence-electron chi connectivity index (χ3n) is 5.03. The summed E-state index contributed by atoms with van der Waals surface area (Å²) in [5, 5.41) is 18.1. The number of nitrogens with zero attached hydrogens (tertiary/aromatic N) is 2. The zero-order valence-electron chi connectivity index (χ0n) is 23.7. The maximum absolute atomic E-state index is 12.9. The summed E-state index contributed by atoms with van der Waals surface area (Å²) < 4.78 is 27.0. The first kappa shape index (κ1) is 34.7. The number of ether oxygens (including phenoxy) is 5. The molecule has 2 aromatic rings. The number of benzene rings is 1. The van der Waals surface area contributed by atoms with Crippen molar-refractivity contribution in [1.82, 2.24) is 4.98 Å². The van der Waals surface area contributed by atoms with E-state index in [-0.39, 0.29) is 33.0 Å². The largest absolute Gasteiger partial charge is 0.383 e. The minimum absolute atomic E-state index is 0.0434. The van der Waals surface area contributed by atoms with Crippen LogP contribution in [-0.2, 0) is 28.5 Å². The first-order valence-corrected chi connectivity index (χ1v) is 14.0. The minimum atomic E-state index is -0.952. The summed E-state index contributed by atoms with van der Waals surface area (Å²) in [5.74, 6) is -0.919. The topological polar surface area (TPSA) is 208 Å². The van der Waals surface area contributed by atoms with Gasteiger partial charge in [0, 0.05) is 25.7 Å². The Morgan fingerprint density at radius 2 is 1.50 bits per heavy atom. The fourth-order valence-electron chi connectivity index (χ4n) is 3.23. The highest BCUT2D eigenvalue weighted by Crippen LogP contribution is 2.31. The Labute approximate surface area is 247 Å². The summed E-state index contributed by atoms with van der Waals surface area (Å²) in [6.07, 6.45) is 0. The van der Waals surface area contributed by atoms with Gasteiger partial charge in [0.05, 0.1) is 83.0 Å². The lowest BCUT2D eigenvalue weighted by molar-refractivity contribution is -0.710. The predicted octanol–water partition coefficient (Wildman–Crippen LogP) is 1.69. The number of aromatic nitrogens is 1. The molecule has 16 nitrogen and oxygen atoms in total. The monoisotopic (exact) mass is 614 g/mol. The molecule has 0 aliphatic heterocycles. The van der Waals surface area contributed by atoms with Gasteiger partial charge in [-0.25, -0.2) is 4.98 Å². The second-order valence-corrected chi connectivity index (χ2v) is 9.34. The van der Waals surface area contributed by atoms with Crippen LogP contribution < -0.4 is 26.5 Å². The third-order valence-corrected chi connectivity index (χ3v) is 5.97. The number of nitrogens with one attached hydrogen (secondary N) is 3. The Morgan fingerprint density at radius 1 is 0.929 bits per heavy atom. The first-order valence-electron chi connectivity index (χ1n) is 13.2. The van der Waals surface area contributed by atoms with E-state index in [1.807, 2.05) is 0 Å². The number of hydrogen-bond acceptors (Lipinski definition) is 14. The van der Waals surface area contributed by atoms with Crippen molar-refractivity contribution in [3.05, 3.63) is 39.6 Å². The molecule has 1 aromatic heterocycles. The average Bonchev–Trinajstić information content (AvgIpc) is 3.27. The highest BCUT2D eigenvalue weighted by Gasteiger charge is 2.17. The predicted molar refractivity (Wildman–Crippen MR) is 155 cm³/mol. The molecule has 0 aliphatic rings. The van der Waals surface area contributed by atoms with Gasteiger partial charge in [0.2, 0.25) is 11.0 Å². The minimum Gasteiger partial charge on any atom is -0.383 e. The summed E-state index contributed by atoms with van der Waals surface area (Å²) >= 11 is 0.816. The van der Waals surface area contributed by atoms with E-state index in [0.717, 1.165) is 11.3 Å². The van der Waals surface area contributed by atoms with E-state index in [1.54, 1.807) is 18.2 Å². The second-order valence-electron chi connectivity index (χ2n) is 8.38. The molecular formula is C25H38N6O10S. The summed E-state index contributed by atoms with van der Waals surface area (Å²) in [6, 6.07) is 4.84. The molecule has 17 heteroatoms. The van der Waals surface area contributed by atoms with Gasteiger partial charge in [-0.15, -0.1) is 10.1 Å². The number of carbonyl (C=O) groups is 2. The van der Waals surface area contributed by atoms with E-state index in [1.165, 1.54) is 13.8 Å². The summed E-state index contributed by atoms with van der Waals surface area (Å²) in [5.41, 5.74) is 6.70. The summed E-state index contributed by atoms with van der Waals surface area (Å²) in [7, 11) is 0. The molecule has 234 valence electrons. The Hall–Kier alpha value is -3.45. The molecule has 0 bridgehead atoms. The normalized spacial score (nSPS) is 10.8. The molecule has 0 fully saturated rings. The molecule has 0 unspecified atom stereocenters. The summed E-state index contributed by atoms with van der Waals surface area (Å²) in [6.45, 7) is 8.48. The average molecular weight is 615 g/mol. The zero-order chi connectivity index (χ0) is 30.6. The SMILES string of the molecule is CC(=O)Nc1cc(NCCOCCOCCOCCOCCOCCN)ccc1C(=O)Nc1nc(C)c(O[N+](=O)[O-])s1. The van der Waals surface area contributed by atoms with Crippen LogP contribution in [0.2, 0.25) is 0 Å². The highest BCUT2D eigenvalue weighted by molar-refractivity contribution is 7.17. The molecular weight excluding hydrogens is 576 g/mol. The van der Waals surface area contributed by atoms with Crippen molar-refractivity contribution >= 4 is 39.7 Å². The number of rotatable bonds is 23. The first-order chi connectivity index (χ1) is 20.3. The van der Waals surface area contributed by atoms with Gasteiger partial charge in [-0.2, -0.15) is 0 Å². The number of thiazole rings is 1. The van der Waals surface area contributed by atoms with Crippen LogP contribution in [0.5, 0.6) is 5.06 Å². The van der Waals surface area contributed by atoms with E-state index in [4.69, 9.17) is 29.4 Å². The standard InChI is InChI=1S/C25H38N6O10S/c1-18-24(41-31(34)35)42-25(28-18)30-23(33)21-4-3-20(17-22(21)29-19(2)32)27-6-8-37-10-12-39-14-16-40-15-13-38-11-9-36-7-5-26/h3-4,17,27H,5-16,26H2,1-2H3,(H,29,32)(H,28,30,33). The van der Waals surface area contributed by atoms with E-state index in [0.29, 0.717) is 84.8 Å². The van der Waals surface area contributed by atoms with E-state index in [2.05, 4.69) is 25.8 Å². The number of nitrogens with two attached hydrogens (primary N) is 1. The van der Waals surface area contributed by atoms with Crippen LogP contribution in [0, 0.1) is 17.0 Å². The van der Waals surface area contributed by atoms with Crippen molar-refractivity contribution in [3.63, 3.8) is 0 Å². The van der Waals surface area contributed by atoms with Gasteiger partial charge in [-0.3, -0.25) is 19.7 Å². The van der Waals surface area contributed by atoms with Crippen LogP contribution in [0.15, 0.2) is 18.2 Å². The zero-order valence-corrected chi connectivity index (χ0v) is 24.5. The van der Waals surface area contributed by atoms with Gasteiger partial charge in [0.25, 0.3) is 5.91 Å². The molecule has 42 heavy (non-hydrogen) atoms. The van der Waals surface area contributed by atoms with E-state index < -0.39 is 11.0 Å². The Balaban J connectivity index is 1.65. The molecule has 2 amide bonds. The van der Waals surface area contributed by atoms with Crippen LogP contribution >= 0.6 is 11.3 Å². The molecule has 0 saturated heterocycles. The Kier molecular flexibility index (Phi) is 16.9. The van der Waals surface area contributed by atoms with Gasteiger partial charge in [0.1, 0.15) is 0 Å². The van der Waals surface area contributed by atoms with Gasteiger partial charge >= 0.3 is 5.09 Å². The molecule has 5 N–H and O–H groups in total. The van der Waals surface area contributed by atoms with Crippen LogP contribution in [0.1, 0.15) is 23.0 Å². The number of anilines is 3. The smallest absolute Gasteiger partial charge is 0.300 e.